The maximum atomic E-state index is 10.9. The Kier molecular flexibility index (Phi) is 4.96. The number of ether oxygens (including phenoxy) is 1. The van der Waals surface area contributed by atoms with Crippen LogP contribution < -0.4 is 9.64 Å². The molecule has 0 aliphatic carbocycles. The van der Waals surface area contributed by atoms with Gasteiger partial charge >= 0.3 is 5.97 Å². The van der Waals surface area contributed by atoms with Crippen molar-refractivity contribution < 1.29 is 14.6 Å². The van der Waals surface area contributed by atoms with Crippen molar-refractivity contribution in [3.63, 3.8) is 0 Å². The number of carboxylic acids is 1. The van der Waals surface area contributed by atoms with Crippen molar-refractivity contribution in [3.05, 3.63) is 53.7 Å². The van der Waals surface area contributed by atoms with E-state index in [-0.39, 0.29) is 0 Å². The highest BCUT2D eigenvalue weighted by atomic mass is 16.5. The molecule has 1 saturated heterocycles. The number of nitrogens with zero attached hydrogens (tertiary/aromatic N) is 3. The molecule has 0 bridgehead atoms. The van der Waals surface area contributed by atoms with E-state index in [0.29, 0.717) is 5.56 Å². The van der Waals surface area contributed by atoms with Gasteiger partial charge in [0.1, 0.15) is 11.6 Å². The fourth-order valence-corrected chi connectivity index (χ4v) is 2.85. The first-order chi connectivity index (χ1) is 11.7. The molecule has 1 aromatic heterocycles. The monoisotopic (exact) mass is 327 g/mol. The zero-order valence-corrected chi connectivity index (χ0v) is 13.7. The second-order valence-corrected chi connectivity index (χ2v) is 5.82. The first-order valence-electron chi connectivity index (χ1n) is 7.95. The summed E-state index contributed by atoms with van der Waals surface area (Å²) in [5.41, 5.74) is 1.46. The Bertz CT molecular complexity index is 695. The van der Waals surface area contributed by atoms with Gasteiger partial charge in [0, 0.05) is 45.0 Å². The van der Waals surface area contributed by atoms with Crippen LogP contribution in [-0.4, -0.2) is 54.2 Å². The highest BCUT2D eigenvalue weighted by Gasteiger charge is 2.18. The molecule has 6 heteroatoms. The minimum atomic E-state index is -0.888. The van der Waals surface area contributed by atoms with Gasteiger partial charge in [-0.15, -0.1) is 0 Å². The quantitative estimate of drug-likeness (QED) is 0.907. The fourth-order valence-electron chi connectivity index (χ4n) is 2.85. The van der Waals surface area contributed by atoms with E-state index in [1.807, 2.05) is 24.3 Å². The number of carboxylic acid groups (broad SMARTS) is 1. The van der Waals surface area contributed by atoms with E-state index in [9.17, 15) is 4.79 Å². The molecule has 2 heterocycles. The van der Waals surface area contributed by atoms with Crippen LogP contribution in [-0.2, 0) is 6.54 Å². The molecule has 1 aromatic carbocycles. The molecule has 0 amide bonds. The van der Waals surface area contributed by atoms with Crippen molar-refractivity contribution in [2.75, 3.05) is 38.2 Å². The Morgan fingerprint density at radius 3 is 2.50 bits per heavy atom. The van der Waals surface area contributed by atoms with E-state index >= 15 is 0 Å². The summed E-state index contributed by atoms with van der Waals surface area (Å²) < 4.78 is 5.25. The van der Waals surface area contributed by atoms with Crippen LogP contribution in [0.5, 0.6) is 5.75 Å². The van der Waals surface area contributed by atoms with Crippen LogP contribution >= 0.6 is 0 Å². The molecule has 6 nitrogen and oxygen atoms in total. The van der Waals surface area contributed by atoms with E-state index in [4.69, 9.17) is 9.84 Å². The summed E-state index contributed by atoms with van der Waals surface area (Å²) in [6.45, 7) is 4.54. The molecular weight excluding hydrogens is 306 g/mol. The van der Waals surface area contributed by atoms with Crippen LogP contribution in [0.4, 0.5) is 5.82 Å². The standard InChI is InChI=1S/C18H21N3O3/c1-24-16-6-7-19-17(12-16)21-10-8-20(9-11-21)13-14-2-4-15(5-3-14)18(22)23/h2-7,12H,8-11,13H2,1H3,(H,22,23). The van der Waals surface area contributed by atoms with Crippen LogP contribution in [0.2, 0.25) is 0 Å². The lowest BCUT2D eigenvalue weighted by molar-refractivity contribution is 0.0697. The van der Waals surface area contributed by atoms with Crippen LogP contribution in [0.25, 0.3) is 0 Å². The van der Waals surface area contributed by atoms with Gasteiger partial charge in [0.15, 0.2) is 0 Å². The second kappa shape index (κ2) is 7.31. The normalized spacial score (nSPS) is 15.3. The maximum Gasteiger partial charge on any atom is 0.335 e. The predicted molar refractivity (Wildman–Crippen MR) is 91.7 cm³/mol. The highest BCUT2D eigenvalue weighted by molar-refractivity contribution is 5.87. The van der Waals surface area contributed by atoms with E-state index in [1.165, 1.54) is 0 Å². The Balaban J connectivity index is 1.55. The molecule has 0 unspecified atom stereocenters. The second-order valence-electron chi connectivity index (χ2n) is 5.82. The zero-order valence-electron chi connectivity index (χ0n) is 13.7. The number of aromatic carboxylic acids is 1. The van der Waals surface area contributed by atoms with Crippen LogP contribution in [0.15, 0.2) is 42.6 Å². The zero-order chi connectivity index (χ0) is 16.9. The molecule has 0 spiro atoms. The molecule has 0 saturated carbocycles. The Labute approximate surface area is 141 Å². The number of aromatic nitrogens is 1. The Hall–Kier alpha value is -2.60. The molecule has 2 aromatic rings. The number of carbonyl (C=O) groups is 1. The number of piperazine rings is 1. The van der Waals surface area contributed by atoms with E-state index in [2.05, 4.69) is 14.8 Å². The van der Waals surface area contributed by atoms with Gasteiger partial charge in [-0.25, -0.2) is 9.78 Å². The lowest BCUT2D eigenvalue weighted by Gasteiger charge is -2.35. The number of anilines is 1. The van der Waals surface area contributed by atoms with Crippen molar-refractivity contribution in [3.8, 4) is 5.75 Å². The third-order valence-corrected chi connectivity index (χ3v) is 4.26. The highest BCUT2D eigenvalue weighted by Crippen LogP contribution is 2.20. The number of benzene rings is 1. The SMILES string of the molecule is COc1ccnc(N2CCN(Cc3ccc(C(=O)O)cc3)CC2)c1. The van der Waals surface area contributed by atoms with Crippen LogP contribution in [0, 0.1) is 0 Å². The first kappa shape index (κ1) is 16.3. The van der Waals surface area contributed by atoms with Crippen LogP contribution in [0.3, 0.4) is 0 Å². The molecule has 1 fully saturated rings. The largest absolute Gasteiger partial charge is 0.497 e. The van der Waals surface area contributed by atoms with Gasteiger partial charge in [-0.2, -0.15) is 0 Å². The molecular formula is C18H21N3O3. The van der Waals surface area contributed by atoms with Crippen molar-refractivity contribution >= 4 is 11.8 Å². The van der Waals surface area contributed by atoms with Gasteiger partial charge < -0.3 is 14.7 Å². The summed E-state index contributed by atoms with van der Waals surface area (Å²) in [6.07, 6.45) is 1.77. The van der Waals surface area contributed by atoms with Gasteiger partial charge in [-0.3, -0.25) is 4.90 Å². The third-order valence-electron chi connectivity index (χ3n) is 4.26. The minimum absolute atomic E-state index is 0.327. The lowest BCUT2D eigenvalue weighted by Crippen LogP contribution is -2.46. The average molecular weight is 327 g/mol. The molecule has 126 valence electrons. The minimum Gasteiger partial charge on any atom is -0.497 e. The molecule has 3 rings (SSSR count). The molecule has 0 radical (unpaired) electrons. The topological polar surface area (TPSA) is 65.9 Å². The lowest BCUT2D eigenvalue weighted by atomic mass is 10.1. The number of methoxy groups -OCH3 is 1. The number of rotatable bonds is 5. The van der Waals surface area contributed by atoms with E-state index in [1.54, 1.807) is 25.4 Å². The van der Waals surface area contributed by atoms with Gasteiger partial charge in [0.25, 0.3) is 0 Å². The fraction of sp³-hybridized carbons (Fsp3) is 0.333. The van der Waals surface area contributed by atoms with Crippen molar-refractivity contribution in [1.29, 1.82) is 0 Å². The van der Waals surface area contributed by atoms with Crippen molar-refractivity contribution in [1.82, 2.24) is 9.88 Å². The predicted octanol–water partition coefficient (Wildman–Crippen LogP) is 2.11. The summed E-state index contributed by atoms with van der Waals surface area (Å²) in [7, 11) is 1.66. The maximum absolute atomic E-state index is 10.9. The smallest absolute Gasteiger partial charge is 0.335 e. The average Bonchev–Trinajstić information content (AvgIpc) is 2.63. The van der Waals surface area contributed by atoms with E-state index in [0.717, 1.165) is 49.9 Å². The van der Waals surface area contributed by atoms with Gasteiger partial charge in [-0.05, 0) is 23.8 Å². The number of hydrogen-bond acceptors (Lipinski definition) is 5. The Morgan fingerprint density at radius 1 is 1.17 bits per heavy atom. The van der Waals surface area contributed by atoms with Gasteiger partial charge in [0.2, 0.25) is 0 Å². The first-order valence-corrected chi connectivity index (χ1v) is 7.95. The summed E-state index contributed by atoms with van der Waals surface area (Å²) in [6, 6.07) is 10.9. The molecule has 1 aliphatic heterocycles. The molecule has 1 N–H and O–H groups in total. The van der Waals surface area contributed by atoms with Crippen molar-refractivity contribution in [2.24, 2.45) is 0 Å². The van der Waals surface area contributed by atoms with E-state index < -0.39 is 5.97 Å². The summed E-state index contributed by atoms with van der Waals surface area (Å²) in [5, 5.41) is 8.94. The summed E-state index contributed by atoms with van der Waals surface area (Å²) >= 11 is 0. The number of hydrogen-bond donors (Lipinski definition) is 1. The van der Waals surface area contributed by atoms with Crippen molar-refractivity contribution in [2.45, 2.75) is 6.54 Å². The summed E-state index contributed by atoms with van der Waals surface area (Å²) in [4.78, 5) is 19.9. The third kappa shape index (κ3) is 3.83. The molecule has 24 heavy (non-hydrogen) atoms. The van der Waals surface area contributed by atoms with Gasteiger partial charge in [0.05, 0.1) is 12.7 Å². The summed E-state index contributed by atoms with van der Waals surface area (Å²) in [5.74, 6) is 0.877. The molecule has 0 atom stereocenters. The Morgan fingerprint density at radius 2 is 1.88 bits per heavy atom. The molecule has 1 aliphatic rings. The van der Waals surface area contributed by atoms with Gasteiger partial charge in [-0.1, -0.05) is 12.1 Å². The number of pyridine rings is 1. The van der Waals surface area contributed by atoms with Crippen LogP contribution in [0.1, 0.15) is 15.9 Å².